The molecule has 0 fully saturated rings. The van der Waals surface area contributed by atoms with Crippen molar-refractivity contribution in [1.82, 2.24) is 0 Å². The van der Waals surface area contributed by atoms with Crippen LogP contribution in [0, 0.1) is 0 Å². The van der Waals surface area contributed by atoms with Gasteiger partial charge in [-0.2, -0.15) is 17.2 Å². The van der Waals surface area contributed by atoms with Gasteiger partial charge in [-0.15, -0.1) is 0 Å². The highest BCUT2D eigenvalue weighted by molar-refractivity contribution is 7.71. The molecular weight excluding hydrogens is 506 g/mol. The zero-order chi connectivity index (χ0) is 21.8. The Balaban J connectivity index is 0. The average Bonchev–Trinajstić information content (AvgIpc) is 1.97. The van der Waals surface area contributed by atoms with Gasteiger partial charge in [0.05, 0.1) is 0 Å². The summed E-state index contributed by atoms with van der Waals surface area (Å²) in [6.07, 6.45) is 0. The molecule has 0 amide bonds. The van der Waals surface area contributed by atoms with Crippen molar-refractivity contribution in [2.75, 3.05) is 0 Å². The maximum absolute atomic E-state index is 11.0. The first-order chi connectivity index (χ1) is 10.8. The Morgan fingerprint density at radius 2 is 0.538 bits per heavy atom. The Kier molecular flexibility index (Phi) is 10.7. The summed E-state index contributed by atoms with van der Waals surface area (Å²) in [6.45, 7) is 0. The first-order valence-electron chi connectivity index (χ1n) is 4.56. The highest BCUT2D eigenvalue weighted by Crippen LogP contribution is 2.72. The summed E-state index contributed by atoms with van der Waals surface area (Å²) in [6, 6.07) is 0. The molecule has 0 aliphatic carbocycles. The molecule has 0 saturated carbocycles. The molecule has 0 radical (unpaired) electrons. The lowest BCUT2D eigenvalue weighted by Gasteiger charge is -2.18. The Bertz CT molecular complexity index is 676. The van der Waals surface area contributed by atoms with Gasteiger partial charge in [0.25, 0.3) is 0 Å². The number of phosphoric acid groups is 6. The monoisotopic (exact) mass is 516 g/mol. The summed E-state index contributed by atoms with van der Waals surface area (Å²) >= 11 is 0. The van der Waals surface area contributed by atoms with Crippen LogP contribution in [-0.4, -0.2) is 48.9 Å². The van der Waals surface area contributed by atoms with E-state index in [2.05, 4.69) is 17.2 Å². The molecule has 0 heterocycles. The summed E-state index contributed by atoms with van der Waals surface area (Å²) in [5.41, 5.74) is 0. The quantitative estimate of drug-likeness (QED) is 0.166. The van der Waals surface area contributed by atoms with Crippen molar-refractivity contribution in [1.29, 1.82) is 0 Å². The van der Waals surface area contributed by atoms with Gasteiger partial charge < -0.3 is 48.9 Å². The predicted octanol–water partition coefficient (Wildman–Crippen LogP) is -1.39. The van der Waals surface area contributed by atoms with Crippen LogP contribution in [0.5, 0.6) is 0 Å². The van der Waals surface area contributed by atoms with Crippen molar-refractivity contribution in [2.24, 2.45) is 0 Å². The molecular formula is H10O20P6. The molecule has 0 aliphatic heterocycles. The van der Waals surface area contributed by atoms with E-state index >= 15 is 0 Å². The maximum atomic E-state index is 11.0. The van der Waals surface area contributed by atoms with Crippen LogP contribution in [0.3, 0.4) is 0 Å². The second kappa shape index (κ2) is 9.55. The molecule has 26 heteroatoms. The number of hydrogen-bond acceptors (Lipinski definition) is 10. The molecule has 0 spiro atoms. The van der Waals surface area contributed by atoms with E-state index in [1.165, 1.54) is 0 Å². The molecule has 160 valence electrons. The zero-order valence-electron chi connectivity index (χ0n) is 11.2. The fourth-order valence-electron chi connectivity index (χ4n) is 0.574. The first kappa shape index (κ1) is 29.0. The smallest absolute Gasteiger partial charge is 0.303 e. The predicted molar refractivity (Wildman–Crippen MR) is 72.2 cm³/mol. The Labute approximate surface area is 141 Å². The first-order valence-corrected chi connectivity index (χ1v) is 13.7. The standard InChI is InChI=1S/H7O16P5.H3O4P/c1-17(2,3)13-19(7,8)15-21(11,12)16-20(9,10)14-18(4,5)6;1-5(2,3)4/h(H,7,8)(H,9,10)(H,11,12)(H2,1,2,3)(H2,4,5,6);(H3,1,2,3,4). The van der Waals surface area contributed by atoms with E-state index in [4.69, 9.17) is 53.5 Å². The highest BCUT2D eigenvalue weighted by Gasteiger charge is 2.46. The van der Waals surface area contributed by atoms with Crippen molar-refractivity contribution in [3.63, 3.8) is 0 Å². The minimum absolute atomic E-state index is 3.05. The fraction of sp³-hybridized carbons (Fsp3) is 0. The van der Waals surface area contributed by atoms with Crippen LogP contribution in [-0.2, 0) is 44.6 Å². The summed E-state index contributed by atoms with van der Waals surface area (Å²) in [4.78, 5) is 80.3. The molecule has 0 aromatic heterocycles. The van der Waals surface area contributed by atoms with Gasteiger partial charge in [0.15, 0.2) is 0 Å². The Hall–Kier alpha value is 0.820. The van der Waals surface area contributed by atoms with Crippen molar-refractivity contribution in [3.8, 4) is 0 Å². The van der Waals surface area contributed by atoms with Crippen molar-refractivity contribution in [3.05, 3.63) is 0 Å². The van der Waals surface area contributed by atoms with E-state index in [0.29, 0.717) is 0 Å². The molecule has 0 aromatic carbocycles. The van der Waals surface area contributed by atoms with Crippen molar-refractivity contribution < 1.29 is 93.6 Å². The van der Waals surface area contributed by atoms with Gasteiger partial charge in [0.2, 0.25) is 0 Å². The fourth-order valence-corrected chi connectivity index (χ4v) is 5.97. The molecule has 2 atom stereocenters. The lowest BCUT2D eigenvalue weighted by atomic mass is 15.7. The van der Waals surface area contributed by atoms with Crippen LogP contribution < -0.4 is 0 Å². The van der Waals surface area contributed by atoms with Crippen LogP contribution in [0.25, 0.3) is 0 Å². The third kappa shape index (κ3) is 22.9. The van der Waals surface area contributed by atoms with Gasteiger partial charge >= 0.3 is 46.9 Å². The molecule has 2 unspecified atom stereocenters. The molecule has 0 saturated heterocycles. The normalized spacial score (nSPS) is 20.1. The summed E-state index contributed by atoms with van der Waals surface area (Å²) in [7, 11) is -34.0. The van der Waals surface area contributed by atoms with Gasteiger partial charge in [-0.1, -0.05) is 0 Å². The van der Waals surface area contributed by atoms with E-state index in [1.807, 2.05) is 0 Å². The van der Waals surface area contributed by atoms with Gasteiger partial charge in [-0.05, 0) is 0 Å². The van der Waals surface area contributed by atoms with E-state index in [1.54, 1.807) is 0 Å². The van der Waals surface area contributed by atoms with Gasteiger partial charge in [-0.25, -0.2) is 27.4 Å². The van der Waals surface area contributed by atoms with Gasteiger partial charge in [0, 0.05) is 0 Å². The van der Waals surface area contributed by atoms with Crippen LogP contribution >= 0.6 is 46.9 Å². The van der Waals surface area contributed by atoms with Crippen molar-refractivity contribution in [2.45, 2.75) is 0 Å². The van der Waals surface area contributed by atoms with E-state index in [9.17, 15) is 22.8 Å². The molecule has 20 nitrogen and oxygen atoms in total. The summed E-state index contributed by atoms with van der Waals surface area (Å²) in [5, 5.41) is 0. The topological polar surface area (TPSA) is 342 Å². The van der Waals surface area contributed by atoms with Crippen LogP contribution in [0.2, 0.25) is 0 Å². The van der Waals surface area contributed by atoms with E-state index in [-0.39, 0.29) is 0 Å². The molecule has 0 rings (SSSR count). The zero-order valence-corrected chi connectivity index (χ0v) is 16.6. The second-order valence-electron chi connectivity index (χ2n) is 3.23. The largest absolute Gasteiger partial charge is 0.490 e. The summed E-state index contributed by atoms with van der Waals surface area (Å²) in [5.74, 6) is 0. The molecule has 0 bridgehead atoms. The maximum Gasteiger partial charge on any atom is 0.490 e. The lowest BCUT2D eigenvalue weighted by molar-refractivity contribution is 0.187. The molecule has 0 aliphatic rings. The van der Waals surface area contributed by atoms with E-state index in [0.717, 1.165) is 0 Å². The SMILES string of the molecule is O=P(O)(O)O.O=P(O)(O)OP(=O)(O)OP(=O)(O)OP(=O)(O)OP(=O)(O)O. The van der Waals surface area contributed by atoms with Crippen LogP contribution in [0.1, 0.15) is 0 Å². The second-order valence-corrected chi connectivity index (χ2v) is 11.6. The third-order valence-corrected chi connectivity index (χ3v) is 7.49. The Morgan fingerprint density at radius 1 is 0.385 bits per heavy atom. The number of hydrogen-bond donors (Lipinski definition) is 10. The average molecular weight is 516 g/mol. The molecule has 0 aromatic rings. The minimum Gasteiger partial charge on any atom is -0.303 e. The van der Waals surface area contributed by atoms with E-state index < -0.39 is 46.9 Å². The molecule has 10 N–H and O–H groups in total. The lowest BCUT2D eigenvalue weighted by Crippen LogP contribution is -1.97. The van der Waals surface area contributed by atoms with Crippen LogP contribution in [0.15, 0.2) is 0 Å². The van der Waals surface area contributed by atoms with Gasteiger partial charge in [-0.3, -0.25) is 0 Å². The van der Waals surface area contributed by atoms with Crippen LogP contribution in [0.4, 0.5) is 0 Å². The number of rotatable bonds is 8. The molecule has 26 heavy (non-hydrogen) atoms. The van der Waals surface area contributed by atoms with Crippen molar-refractivity contribution >= 4 is 46.9 Å². The Morgan fingerprint density at radius 3 is 0.692 bits per heavy atom. The summed E-state index contributed by atoms with van der Waals surface area (Å²) < 4.78 is 74.5. The van der Waals surface area contributed by atoms with Gasteiger partial charge in [0.1, 0.15) is 0 Å². The minimum atomic E-state index is -6.07. The highest BCUT2D eigenvalue weighted by atomic mass is 31.3. The third-order valence-electron chi connectivity index (χ3n) is 0.832.